The van der Waals surface area contributed by atoms with Crippen molar-refractivity contribution in [2.45, 2.75) is 19.1 Å². The molecule has 0 radical (unpaired) electrons. The topological polar surface area (TPSA) is 70.7 Å². The van der Waals surface area contributed by atoms with Crippen molar-refractivity contribution in [3.63, 3.8) is 0 Å². The Kier molecular flexibility index (Phi) is 6.21. The molecule has 0 spiro atoms. The number of ether oxygens (including phenoxy) is 1. The first-order chi connectivity index (χ1) is 13.0. The molecule has 1 heterocycles. The summed E-state index contributed by atoms with van der Waals surface area (Å²) in [5, 5.41) is 5.46. The van der Waals surface area contributed by atoms with Crippen LogP contribution in [0.3, 0.4) is 0 Å². The van der Waals surface area contributed by atoms with E-state index in [1.54, 1.807) is 31.3 Å². The Bertz CT molecular complexity index is 777. The second kappa shape index (κ2) is 8.79. The van der Waals surface area contributed by atoms with E-state index in [0.29, 0.717) is 30.9 Å². The highest BCUT2D eigenvalue weighted by Crippen LogP contribution is 2.24. The number of benzene rings is 2. The van der Waals surface area contributed by atoms with Gasteiger partial charge in [-0.3, -0.25) is 14.5 Å². The van der Waals surface area contributed by atoms with Gasteiger partial charge < -0.3 is 15.4 Å². The first kappa shape index (κ1) is 19.1. The molecule has 2 aromatic rings. The third kappa shape index (κ3) is 5.15. The van der Waals surface area contributed by atoms with Crippen molar-refractivity contribution >= 4 is 17.5 Å². The molecule has 1 saturated heterocycles. The zero-order valence-electron chi connectivity index (χ0n) is 15.6. The van der Waals surface area contributed by atoms with Crippen LogP contribution >= 0.6 is 0 Å². The van der Waals surface area contributed by atoms with Gasteiger partial charge in [0.15, 0.2) is 0 Å². The number of nitrogens with one attached hydrogen (secondary N) is 2. The highest BCUT2D eigenvalue weighted by Gasteiger charge is 2.27. The summed E-state index contributed by atoms with van der Waals surface area (Å²) in [5.41, 5.74) is 2.36. The average Bonchev–Trinajstić information content (AvgIpc) is 2.68. The number of nitrogens with zero attached hydrogens (tertiary/aromatic N) is 1. The number of anilines is 1. The van der Waals surface area contributed by atoms with Gasteiger partial charge in [-0.05, 0) is 36.8 Å². The van der Waals surface area contributed by atoms with Crippen LogP contribution in [0.25, 0.3) is 0 Å². The predicted octanol–water partition coefficient (Wildman–Crippen LogP) is 2.45. The number of carbonyl (C=O) groups excluding carboxylic acids is 2. The van der Waals surface area contributed by atoms with Gasteiger partial charge in [0.2, 0.25) is 5.91 Å². The lowest BCUT2D eigenvalue weighted by Crippen LogP contribution is -2.46. The molecule has 27 heavy (non-hydrogen) atoms. The molecule has 3 rings (SSSR count). The minimum absolute atomic E-state index is 0.0328. The minimum Gasteiger partial charge on any atom is -0.368 e. The lowest BCUT2D eigenvalue weighted by molar-refractivity contribution is -0.122. The van der Waals surface area contributed by atoms with Crippen LogP contribution in [-0.2, 0) is 9.53 Å². The summed E-state index contributed by atoms with van der Waals surface area (Å²) in [7, 11) is 1.59. The van der Waals surface area contributed by atoms with Gasteiger partial charge in [-0.1, -0.05) is 30.3 Å². The van der Waals surface area contributed by atoms with E-state index >= 15 is 0 Å². The molecular formula is C21H25N3O3. The predicted molar refractivity (Wildman–Crippen MR) is 105 cm³/mol. The van der Waals surface area contributed by atoms with E-state index in [0.717, 1.165) is 5.56 Å². The van der Waals surface area contributed by atoms with Gasteiger partial charge >= 0.3 is 0 Å². The van der Waals surface area contributed by atoms with Crippen molar-refractivity contribution in [1.29, 1.82) is 0 Å². The molecule has 142 valence electrons. The largest absolute Gasteiger partial charge is 0.368 e. The van der Waals surface area contributed by atoms with Crippen molar-refractivity contribution in [2.75, 3.05) is 32.0 Å². The van der Waals surface area contributed by atoms with Crippen molar-refractivity contribution < 1.29 is 14.3 Å². The molecule has 0 bridgehead atoms. The summed E-state index contributed by atoms with van der Waals surface area (Å²) >= 11 is 0. The highest BCUT2D eigenvalue weighted by molar-refractivity contribution is 5.96. The van der Waals surface area contributed by atoms with E-state index in [2.05, 4.69) is 27.7 Å². The van der Waals surface area contributed by atoms with Gasteiger partial charge in [0.05, 0.1) is 18.8 Å². The third-order valence-electron chi connectivity index (χ3n) is 4.53. The Balaban J connectivity index is 1.57. The number of amides is 2. The summed E-state index contributed by atoms with van der Waals surface area (Å²) in [6, 6.07) is 16.9. The van der Waals surface area contributed by atoms with Crippen molar-refractivity contribution in [2.24, 2.45) is 0 Å². The van der Waals surface area contributed by atoms with Crippen LogP contribution in [0.15, 0.2) is 54.6 Å². The lowest BCUT2D eigenvalue weighted by atomic mass is 10.1. The lowest BCUT2D eigenvalue weighted by Gasteiger charge is -2.36. The van der Waals surface area contributed by atoms with Crippen molar-refractivity contribution in [3.8, 4) is 0 Å². The van der Waals surface area contributed by atoms with Gasteiger partial charge in [0.1, 0.15) is 0 Å². The maximum absolute atomic E-state index is 12.4. The van der Waals surface area contributed by atoms with E-state index < -0.39 is 0 Å². The molecule has 2 aromatic carbocycles. The number of carbonyl (C=O) groups is 2. The smallest absolute Gasteiger partial charge is 0.251 e. The zero-order valence-corrected chi connectivity index (χ0v) is 15.6. The molecule has 0 aromatic heterocycles. The SMILES string of the molecule is CNC(=O)c1ccc(NC(=O)CN2CC(C)OC(c3ccccc3)C2)cc1. The summed E-state index contributed by atoms with van der Waals surface area (Å²) in [6.45, 7) is 3.72. The quantitative estimate of drug-likeness (QED) is 0.852. The number of morpholine rings is 1. The maximum atomic E-state index is 12.4. The third-order valence-corrected chi connectivity index (χ3v) is 4.53. The van der Waals surface area contributed by atoms with Gasteiger partial charge in [-0.2, -0.15) is 0 Å². The average molecular weight is 367 g/mol. The standard InChI is InChI=1S/C21H25N3O3/c1-15-12-24(13-19(27-15)16-6-4-3-5-7-16)14-20(25)23-18-10-8-17(9-11-18)21(26)22-2/h3-11,15,19H,12-14H2,1-2H3,(H,22,26)(H,23,25). The van der Waals surface area contributed by atoms with Gasteiger partial charge in [-0.15, -0.1) is 0 Å². The van der Waals surface area contributed by atoms with Crippen LogP contribution in [0, 0.1) is 0 Å². The Morgan fingerprint density at radius 1 is 1.07 bits per heavy atom. The van der Waals surface area contributed by atoms with Gasteiger partial charge in [0.25, 0.3) is 5.91 Å². The highest BCUT2D eigenvalue weighted by atomic mass is 16.5. The first-order valence-electron chi connectivity index (χ1n) is 9.10. The maximum Gasteiger partial charge on any atom is 0.251 e. The molecule has 2 unspecified atom stereocenters. The second-order valence-electron chi connectivity index (χ2n) is 6.74. The Labute approximate surface area is 159 Å². The molecule has 2 amide bonds. The van der Waals surface area contributed by atoms with E-state index in [1.807, 2.05) is 25.1 Å². The summed E-state index contributed by atoms with van der Waals surface area (Å²) < 4.78 is 6.04. The molecular weight excluding hydrogens is 342 g/mol. The normalized spacial score (nSPS) is 20.1. The zero-order chi connectivity index (χ0) is 19.2. The molecule has 2 atom stereocenters. The molecule has 1 aliphatic heterocycles. The fourth-order valence-electron chi connectivity index (χ4n) is 3.27. The van der Waals surface area contributed by atoms with Crippen LogP contribution in [0.4, 0.5) is 5.69 Å². The monoisotopic (exact) mass is 367 g/mol. The molecule has 6 heteroatoms. The first-order valence-corrected chi connectivity index (χ1v) is 9.10. The van der Waals surface area contributed by atoms with E-state index in [-0.39, 0.29) is 24.0 Å². The molecule has 1 aliphatic rings. The van der Waals surface area contributed by atoms with Gasteiger partial charge in [-0.25, -0.2) is 0 Å². The Morgan fingerprint density at radius 3 is 2.44 bits per heavy atom. The molecule has 2 N–H and O–H groups in total. The van der Waals surface area contributed by atoms with Crippen LogP contribution in [0.1, 0.15) is 28.9 Å². The van der Waals surface area contributed by atoms with E-state index in [1.165, 1.54) is 0 Å². The van der Waals surface area contributed by atoms with E-state index in [4.69, 9.17) is 4.74 Å². The fourth-order valence-corrected chi connectivity index (χ4v) is 3.27. The van der Waals surface area contributed by atoms with Crippen LogP contribution in [0.2, 0.25) is 0 Å². The second-order valence-corrected chi connectivity index (χ2v) is 6.74. The Morgan fingerprint density at radius 2 is 1.78 bits per heavy atom. The van der Waals surface area contributed by atoms with Crippen molar-refractivity contribution in [3.05, 3.63) is 65.7 Å². The fraction of sp³-hybridized carbons (Fsp3) is 0.333. The van der Waals surface area contributed by atoms with E-state index in [9.17, 15) is 9.59 Å². The number of hydrogen-bond acceptors (Lipinski definition) is 4. The van der Waals surface area contributed by atoms with Crippen LogP contribution in [0.5, 0.6) is 0 Å². The number of rotatable bonds is 5. The van der Waals surface area contributed by atoms with Crippen LogP contribution < -0.4 is 10.6 Å². The molecule has 0 saturated carbocycles. The van der Waals surface area contributed by atoms with Gasteiger partial charge in [0, 0.05) is 31.4 Å². The molecule has 0 aliphatic carbocycles. The summed E-state index contributed by atoms with van der Waals surface area (Å²) in [6.07, 6.45) is 0.0261. The number of hydrogen-bond donors (Lipinski definition) is 2. The molecule has 6 nitrogen and oxygen atoms in total. The minimum atomic E-state index is -0.151. The summed E-state index contributed by atoms with van der Waals surface area (Å²) in [4.78, 5) is 26.1. The van der Waals surface area contributed by atoms with Crippen LogP contribution in [-0.4, -0.2) is 49.5 Å². The summed E-state index contributed by atoms with van der Waals surface area (Å²) in [5.74, 6) is -0.231. The molecule has 1 fully saturated rings. The Hall–Kier alpha value is -2.70. The van der Waals surface area contributed by atoms with Crippen molar-refractivity contribution in [1.82, 2.24) is 10.2 Å².